The summed E-state index contributed by atoms with van der Waals surface area (Å²) >= 11 is 0. The molecule has 2 fully saturated rings. The molecular formula is C23H27N3O6S. The zero-order chi connectivity index (χ0) is 23.4. The molecule has 0 saturated carbocycles. The Morgan fingerprint density at radius 2 is 1.88 bits per heavy atom. The zero-order valence-electron chi connectivity index (χ0n) is 18.4. The summed E-state index contributed by atoms with van der Waals surface area (Å²) < 4.78 is 37.9. The molecule has 0 bridgehead atoms. The van der Waals surface area contributed by atoms with Gasteiger partial charge in [0.15, 0.2) is 0 Å². The van der Waals surface area contributed by atoms with Crippen LogP contribution in [0.3, 0.4) is 0 Å². The van der Waals surface area contributed by atoms with Crippen LogP contribution >= 0.6 is 0 Å². The molecule has 2 aliphatic rings. The average molecular weight is 474 g/mol. The minimum atomic E-state index is -3.73. The number of rotatable bonds is 7. The third kappa shape index (κ3) is 5.18. The standard InChI is InChI=1S/C23H27N3O6S/c1-31-21-8-7-19(33(29,30)26-9-11-32-12-10-26)14-20(21)24-23(28)18-13-22(27)25(16-18)15-17-5-3-2-4-6-17/h2-8,14,18H,9-13,15-16H2,1H3,(H,24,28). The van der Waals surface area contributed by atoms with Crippen LogP contribution in [-0.4, -0.2) is 69.4 Å². The molecule has 33 heavy (non-hydrogen) atoms. The molecule has 2 amide bonds. The van der Waals surface area contributed by atoms with Crippen LogP contribution in [-0.2, 0) is 30.9 Å². The Morgan fingerprint density at radius 3 is 2.58 bits per heavy atom. The molecule has 176 valence electrons. The first-order chi connectivity index (χ1) is 15.9. The van der Waals surface area contributed by atoms with E-state index in [1.54, 1.807) is 4.90 Å². The van der Waals surface area contributed by atoms with Crippen molar-refractivity contribution >= 4 is 27.5 Å². The van der Waals surface area contributed by atoms with E-state index in [9.17, 15) is 18.0 Å². The third-order valence-electron chi connectivity index (χ3n) is 5.84. The summed E-state index contributed by atoms with van der Waals surface area (Å²) in [7, 11) is -2.29. The SMILES string of the molecule is COc1ccc(S(=O)(=O)N2CCOCC2)cc1NC(=O)C1CC(=O)N(Cc2ccccc2)C1. The molecule has 0 aromatic heterocycles. The predicted molar refractivity (Wildman–Crippen MR) is 121 cm³/mol. The molecule has 1 N–H and O–H groups in total. The second-order valence-electron chi connectivity index (χ2n) is 8.03. The van der Waals surface area contributed by atoms with Gasteiger partial charge in [-0.15, -0.1) is 0 Å². The number of benzene rings is 2. The van der Waals surface area contributed by atoms with Gasteiger partial charge in [-0.05, 0) is 23.8 Å². The molecule has 1 unspecified atom stereocenters. The maximum absolute atomic E-state index is 13.0. The lowest BCUT2D eigenvalue weighted by Gasteiger charge is -2.26. The van der Waals surface area contributed by atoms with Crippen molar-refractivity contribution in [2.45, 2.75) is 17.9 Å². The van der Waals surface area contributed by atoms with E-state index in [2.05, 4.69) is 5.32 Å². The van der Waals surface area contributed by atoms with Gasteiger partial charge in [0.2, 0.25) is 21.8 Å². The number of carbonyl (C=O) groups excluding carboxylic acids is 2. The highest BCUT2D eigenvalue weighted by Gasteiger charge is 2.35. The van der Waals surface area contributed by atoms with Gasteiger partial charge in [-0.25, -0.2) is 8.42 Å². The Bertz CT molecular complexity index is 1120. The number of anilines is 1. The van der Waals surface area contributed by atoms with E-state index in [1.165, 1.54) is 29.6 Å². The number of morpholine rings is 1. The van der Waals surface area contributed by atoms with Gasteiger partial charge in [-0.3, -0.25) is 9.59 Å². The molecule has 1 atom stereocenters. The van der Waals surface area contributed by atoms with E-state index < -0.39 is 15.9 Å². The van der Waals surface area contributed by atoms with Gasteiger partial charge in [0.1, 0.15) is 5.75 Å². The lowest BCUT2D eigenvalue weighted by atomic mass is 10.1. The van der Waals surface area contributed by atoms with Crippen LogP contribution in [0.4, 0.5) is 5.69 Å². The fourth-order valence-corrected chi connectivity index (χ4v) is 5.46. The smallest absolute Gasteiger partial charge is 0.243 e. The number of nitrogens with zero attached hydrogens (tertiary/aromatic N) is 2. The molecule has 0 radical (unpaired) electrons. The van der Waals surface area contributed by atoms with Crippen LogP contribution in [0.5, 0.6) is 5.75 Å². The number of likely N-dealkylation sites (tertiary alicyclic amines) is 1. The number of nitrogens with one attached hydrogen (secondary N) is 1. The molecule has 0 spiro atoms. The number of carbonyl (C=O) groups is 2. The minimum Gasteiger partial charge on any atom is -0.495 e. The summed E-state index contributed by atoms with van der Waals surface area (Å²) in [4.78, 5) is 27.1. The molecule has 2 aliphatic heterocycles. The molecule has 10 heteroatoms. The fourth-order valence-electron chi connectivity index (χ4n) is 4.02. The highest BCUT2D eigenvalue weighted by Crippen LogP contribution is 2.31. The lowest BCUT2D eigenvalue weighted by Crippen LogP contribution is -2.40. The minimum absolute atomic E-state index is 0.0636. The van der Waals surface area contributed by atoms with E-state index >= 15 is 0 Å². The maximum Gasteiger partial charge on any atom is 0.243 e. The summed E-state index contributed by atoms with van der Waals surface area (Å²) in [6, 6.07) is 14.0. The molecule has 0 aliphatic carbocycles. The lowest BCUT2D eigenvalue weighted by molar-refractivity contribution is -0.128. The van der Waals surface area contributed by atoms with Crippen molar-refractivity contribution in [2.75, 3.05) is 45.3 Å². The Labute approximate surface area is 193 Å². The molecule has 2 aromatic carbocycles. The van der Waals surface area contributed by atoms with Crippen LogP contribution in [0.15, 0.2) is 53.4 Å². The first-order valence-electron chi connectivity index (χ1n) is 10.8. The Hall–Kier alpha value is -2.95. The number of methoxy groups -OCH3 is 1. The fraction of sp³-hybridized carbons (Fsp3) is 0.391. The number of sulfonamides is 1. The summed E-state index contributed by atoms with van der Waals surface area (Å²) in [5.41, 5.74) is 1.25. The highest BCUT2D eigenvalue weighted by molar-refractivity contribution is 7.89. The molecule has 9 nitrogen and oxygen atoms in total. The monoisotopic (exact) mass is 473 g/mol. The summed E-state index contributed by atoms with van der Waals surface area (Å²) in [6.07, 6.45) is 0.104. The molecule has 4 rings (SSSR count). The first kappa shape index (κ1) is 23.2. The molecule has 2 aromatic rings. The van der Waals surface area contributed by atoms with Crippen molar-refractivity contribution in [3.05, 3.63) is 54.1 Å². The van der Waals surface area contributed by atoms with Gasteiger partial charge in [-0.1, -0.05) is 30.3 Å². The van der Waals surface area contributed by atoms with Gasteiger partial charge in [0.25, 0.3) is 0 Å². The van der Waals surface area contributed by atoms with Crippen LogP contribution < -0.4 is 10.1 Å². The van der Waals surface area contributed by atoms with Crippen LogP contribution in [0, 0.1) is 5.92 Å². The molecule has 2 heterocycles. The van der Waals surface area contributed by atoms with Crippen molar-refractivity contribution in [3.8, 4) is 5.75 Å². The van der Waals surface area contributed by atoms with Crippen LogP contribution in [0.2, 0.25) is 0 Å². The Kier molecular flexibility index (Phi) is 6.96. The van der Waals surface area contributed by atoms with Gasteiger partial charge < -0.3 is 19.7 Å². The number of hydrogen-bond donors (Lipinski definition) is 1. The molecular weight excluding hydrogens is 446 g/mol. The topological polar surface area (TPSA) is 105 Å². The first-order valence-corrected chi connectivity index (χ1v) is 12.2. The second kappa shape index (κ2) is 9.90. The second-order valence-corrected chi connectivity index (χ2v) is 9.97. The Morgan fingerprint density at radius 1 is 1.15 bits per heavy atom. The quantitative estimate of drug-likeness (QED) is 0.656. The average Bonchev–Trinajstić information content (AvgIpc) is 3.20. The number of ether oxygens (including phenoxy) is 2. The summed E-state index contributed by atoms with van der Waals surface area (Å²) in [5.74, 6) is -0.632. The summed E-state index contributed by atoms with van der Waals surface area (Å²) in [6.45, 7) is 1.98. The van der Waals surface area contributed by atoms with Crippen molar-refractivity contribution in [1.82, 2.24) is 9.21 Å². The van der Waals surface area contributed by atoms with Crippen molar-refractivity contribution in [3.63, 3.8) is 0 Å². The van der Waals surface area contributed by atoms with E-state index in [0.29, 0.717) is 32.1 Å². The van der Waals surface area contributed by atoms with Gasteiger partial charge in [-0.2, -0.15) is 4.31 Å². The van der Waals surface area contributed by atoms with E-state index in [1.807, 2.05) is 30.3 Å². The normalized spacial score (nSPS) is 19.5. The van der Waals surface area contributed by atoms with E-state index in [-0.39, 0.29) is 41.9 Å². The summed E-state index contributed by atoms with van der Waals surface area (Å²) in [5, 5.41) is 2.77. The van der Waals surface area contributed by atoms with E-state index in [0.717, 1.165) is 5.56 Å². The number of amides is 2. The van der Waals surface area contributed by atoms with Gasteiger partial charge in [0.05, 0.1) is 36.8 Å². The Balaban J connectivity index is 1.48. The van der Waals surface area contributed by atoms with Gasteiger partial charge >= 0.3 is 0 Å². The van der Waals surface area contributed by atoms with Gasteiger partial charge in [0, 0.05) is 32.6 Å². The third-order valence-corrected chi connectivity index (χ3v) is 7.73. The maximum atomic E-state index is 13.0. The van der Waals surface area contributed by atoms with Crippen LogP contribution in [0.1, 0.15) is 12.0 Å². The molecule has 2 saturated heterocycles. The van der Waals surface area contributed by atoms with Crippen molar-refractivity contribution in [2.24, 2.45) is 5.92 Å². The van der Waals surface area contributed by atoms with Crippen molar-refractivity contribution in [1.29, 1.82) is 0 Å². The zero-order valence-corrected chi connectivity index (χ0v) is 19.2. The number of hydrogen-bond acceptors (Lipinski definition) is 6. The van der Waals surface area contributed by atoms with Crippen molar-refractivity contribution < 1.29 is 27.5 Å². The van der Waals surface area contributed by atoms with E-state index in [4.69, 9.17) is 9.47 Å². The largest absolute Gasteiger partial charge is 0.495 e. The predicted octanol–water partition coefficient (Wildman–Crippen LogP) is 1.70. The van der Waals surface area contributed by atoms with Crippen LogP contribution in [0.25, 0.3) is 0 Å². The highest BCUT2D eigenvalue weighted by atomic mass is 32.2.